The third-order valence-corrected chi connectivity index (χ3v) is 8.11. The van der Waals surface area contributed by atoms with E-state index in [-0.39, 0.29) is 23.0 Å². The van der Waals surface area contributed by atoms with E-state index in [9.17, 15) is 14.0 Å². The summed E-state index contributed by atoms with van der Waals surface area (Å²) in [6.07, 6.45) is 2.90. The van der Waals surface area contributed by atoms with Crippen LogP contribution in [-0.4, -0.2) is 26.9 Å². The van der Waals surface area contributed by atoms with Gasteiger partial charge in [0.2, 0.25) is 0 Å². The molecule has 35 heavy (non-hydrogen) atoms. The van der Waals surface area contributed by atoms with Crippen molar-refractivity contribution in [1.82, 2.24) is 15.0 Å². The number of carbonyl (C=O) groups is 1. The number of hydrogen-bond acceptors (Lipinski definition) is 6. The molecule has 0 saturated carbocycles. The molecule has 4 aromatic rings. The van der Waals surface area contributed by atoms with E-state index in [4.69, 9.17) is 16.6 Å². The molecule has 0 radical (unpaired) electrons. The summed E-state index contributed by atoms with van der Waals surface area (Å²) in [5.41, 5.74) is 5.38. The van der Waals surface area contributed by atoms with Crippen LogP contribution in [-0.2, 0) is 17.6 Å². The van der Waals surface area contributed by atoms with E-state index < -0.39 is 0 Å². The van der Waals surface area contributed by atoms with Crippen LogP contribution in [0.4, 0.5) is 4.39 Å². The first kappa shape index (κ1) is 23.7. The molecule has 1 N–H and O–H groups in total. The quantitative estimate of drug-likeness (QED) is 0.159. The first-order chi connectivity index (χ1) is 16.9. The highest BCUT2D eigenvalue weighted by atomic mass is 35.5. The lowest BCUT2D eigenvalue weighted by atomic mass is 10.1. The largest absolute Gasteiger partial charge is 0.272 e. The van der Waals surface area contributed by atoms with Crippen LogP contribution in [0.2, 0.25) is 5.02 Å². The minimum absolute atomic E-state index is 0.0107. The first-order valence-electron chi connectivity index (χ1n) is 11.0. The van der Waals surface area contributed by atoms with Gasteiger partial charge in [-0.1, -0.05) is 35.5 Å². The van der Waals surface area contributed by atoms with Crippen LogP contribution >= 0.6 is 34.7 Å². The van der Waals surface area contributed by atoms with Gasteiger partial charge in [0, 0.05) is 9.90 Å². The number of hydrogen-bond donors (Lipinski definition) is 1. The Kier molecular flexibility index (Phi) is 6.73. The monoisotopic (exact) mass is 526 g/mol. The van der Waals surface area contributed by atoms with E-state index in [1.807, 2.05) is 0 Å². The molecule has 178 valence electrons. The second-order valence-corrected chi connectivity index (χ2v) is 10.5. The molecule has 2 aromatic heterocycles. The van der Waals surface area contributed by atoms with Crippen LogP contribution in [0.5, 0.6) is 0 Å². The second-order valence-electron chi connectivity index (χ2n) is 8.08. The van der Waals surface area contributed by atoms with E-state index in [0.29, 0.717) is 37.4 Å². The summed E-state index contributed by atoms with van der Waals surface area (Å²) in [6.45, 7) is 1.73. The molecule has 0 spiro atoms. The zero-order valence-corrected chi connectivity index (χ0v) is 21.1. The highest BCUT2D eigenvalue weighted by Crippen LogP contribution is 2.36. The number of hydrazone groups is 1. The van der Waals surface area contributed by atoms with Gasteiger partial charge in [0.25, 0.3) is 11.5 Å². The van der Waals surface area contributed by atoms with Crippen molar-refractivity contribution in [3.05, 3.63) is 85.7 Å². The zero-order valence-electron chi connectivity index (χ0n) is 18.7. The molecule has 1 amide bonds. The summed E-state index contributed by atoms with van der Waals surface area (Å²) < 4.78 is 14.7. The first-order valence-corrected chi connectivity index (χ1v) is 13.1. The summed E-state index contributed by atoms with van der Waals surface area (Å²) in [7, 11) is 0. The molecule has 10 heteroatoms. The average molecular weight is 527 g/mol. The van der Waals surface area contributed by atoms with Gasteiger partial charge < -0.3 is 0 Å². The number of fused-ring (bicyclic) bond motifs is 3. The fraction of sp³-hybridized carbons (Fsp3) is 0.200. The van der Waals surface area contributed by atoms with E-state index in [1.165, 1.54) is 28.8 Å². The maximum atomic E-state index is 13.6. The molecule has 6 nitrogen and oxygen atoms in total. The molecule has 0 aliphatic heterocycles. The molecule has 1 aliphatic carbocycles. The van der Waals surface area contributed by atoms with Gasteiger partial charge in [0.05, 0.1) is 22.5 Å². The lowest BCUT2D eigenvalue weighted by molar-refractivity contribution is -0.118. The number of halogens is 2. The summed E-state index contributed by atoms with van der Waals surface area (Å²) in [5, 5.41) is 5.77. The van der Waals surface area contributed by atoms with Crippen LogP contribution in [0.15, 0.2) is 63.6 Å². The van der Waals surface area contributed by atoms with E-state index >= 15 is 0 Å². The van der Waals surface area contributed by atoms with Crippen LogP contribution in [0.1, 0.15) is 29.3 Å². The zero-order chi connectivity index (χ0) is 24.5. The van der Waals surface area contributed by atoms with Crippen molar-refractivity contribution in [2.75, 3.05) is 5.75 Å². The molecule has 0 fully saturated rings. The van der Waals surface area contributed by atoms with Crippen LogP contribution in [0.3, 0.4) is 0 Å². The van der Waals surface area contributed by atoms with Crippen molar-refractivity contribution in [2.45, 2.75) is 31.3 Å². The fourth-order valence-corrected chi connectivity index (χ4v) is 6.24. The second kappa shape index (κ2) is 9.93. The van der Waals surface area contributed by atoms with E-state index in [2.05, 4.69) is 10.5 Å². The molecule has 2 heterocycles. The molecule has 0 atom stereocenters. The van der Waals surface area contributed by atoms with Crippen LogP contribution in [0, 0.1) is 5.82 Å². The smallest absolute Gasteiger partial charge is 0.267 e. The standard InChI is InChI=1S/C25H20ClFN4O2S2/c1-14(15-5-9-17(27)10-6-15)29-30-21(32)13-34-25-28-23-22(19-3-2-4-20(19)35-23)24(33)31(25)18-11-7-16(26)8-12-18/h5-12H,2-4,13H2,1H3,(H,30,32). The van der Waals surface area contributed by atoms with Crippen molar-refractivity contribution >= 4 is 56.5 Å². The van der Waals surface area contributed by atoms with Gasteiger partial charge in [-0.15, -0.1) is 11.3 Å². The molecular weight excluding hydrogens is 507 g/mol. The van der Waals surface area contributed by atoms with E-state index in [0.717, 1.165) is 24.8 Å². The van der Waals surface area contributed by atoms with Crippen molar-refractivity contribution < 1.29 is 9.18 Å². The number of carbonyl (C=O) groups excluding carboxylic acids is 1. The number of nitrogens with zero attached hydrogens (tertiary/aromatic N) is 3. The summed E-state index contributed by atoms with van der Waals surface area (Å²) >= 11 is 8.79. The number of amides is 1. The SMILES string of the molecule is CC(=NNC(=O)CSc1nc2sc3c(c2c(=O)n1-c1ccc(Cl)cc1)CCC3)c1ccc(F)cc1. The number of thioether (sulfide) groups is 1. The van der Waals surface area contributed by atoms with Gasteiger partial charge in [-0.2, -0.15) is 5.10 Å². The molecule has 1 aliphatic rings. The minimum atomic E-state index is -0.345. The van der Waals surface area contributed by atoms with Crippen LogP contribution in [0.25, 0.3) is 15.9 Å². The Hall–Kier alpha value is -3.01. The molecule has 0 bridgehead atoms. The number of nitrogens with one attached hydrogen (secondary N) is 1. The van der Waals surface area contributed by atoms with E-state index in [1.54, 1.807) is 59.2 Å². The summed E-state index contributed by atoms with van der Waals surface area (Å²) in [6, 6.07) is 12.8. The molecular formula is C25H20ClFN4O2S2. The Morgan fingerprint density at radius 3 is 2.69 bits per heavy atom. The number of benzene rings is 2. The Balaban J connectivity index is 1.42. The number of thiophene rings is 1. The summed E-state index contributed by atoms with van der Waals surface area (Å²) in [5.74, 6) is -0.673. The van der Waals surface area contributed by atoms with Crippen LogP contribution < -0.4 is 11.0 Å². The van der Waals surface area contributed by atoms with Gasteiger partial charge in [0.1, 0.15) is 10.6 Å². The normalized spacial score (nSPS) is 13.3. The molecule has 2 aromatic carbocycles. The van der Waals surface area contributed by atoms with Gasteiger partial charge in [-0.05, 0) is 73.7 Å². The lowest BCUT2D eigenvalue weighted by Crippen LogP contribution is -2.24. The third-order valence-electron chi connectivity index (χ3n) is 5.74. The Morgan fingerprint density at radius 2 is 1.94 bits per heavy atom. The van der Waals surface area contributed by atoms with Crippen molar-refractivity contribution in [2.24, 2.45) is 5.10 Å². The van der Waals surface area contributed by atoms with Crippen molar-refractivity contribution in [3.63, 3.8) is 0 Å². The Morgan fingerprint density at radius 1 is 1.20 bits per heavy atom. The number of aryl methyl sites for hydroxylation is 2. The number of rotatable bonds is 6. The Labute approximate surface area is 213 Å². The Bertz CT molecular complexity index is 1510. The average Bonchev–Trinajstić information content (AvgIpc) is 3.43. The van der Waals surface area contributed by atoms with Gasteiger partial charge >= 0.3 is 0 Å². The van der Waals surface area contributed by atoms with Gasteiger partial charge in [-0.25, -0.2) is 14.8 Å². The van der Waals surface area contributed by atoms with Crippen molar-refractivity contribution in [1.29, 1.82) is 0 Å². The summed E-state index contributed by atoms with van der Waals surface area (Å²) in [4.78, 5) is 32.9. The highest BCUT2D eigenvalue weighted by molar-refractivity contribution is 7.99. The minimum Gasteiger partial charge on any atom is -0.272 e. The predicted molar refractivity (Wildman–Crippen MR) is 140 cm³/mol. The number of aromatic nitrogens is 2. The predicted octanol–water partition coefficient (Wildman–Crippen LogP) is 5.36. The maximum Gasteiger partial charge on any atom is 0.267 e. The van der Waals surface area contributed by atoms with Crippen molar-refractivity contribution in [3.8, 4) is 5.69 Å². The third kappa shape index (κ3) is 4.89. The topological polar surface area (TPSA) is 76.3 Å². The van der Waals surface area contributed by atoms with Gasteiger partial charge in [-0.3, -0.25) is 14.2 Å². The van der Waals surface area contributed by atoms with Gasteiger partial charge in [0.15, 0.2) is 5.16 Å². The molecule has 0 unspecified atom stereocenters. The fourth-order valence-electron chi connectivity index (χ4n) is 4.00. The highest BCUT2D eigenvalue weighted by Gasteiger charge is 2.24. The molecule has 5 rings (SSSR count). The molecule has 0 saturated heterocycles. The lowest BCUT2D eigenvalue weighted by Gasteiger charge is -2.12. The maximum absolute atomic E-state index is 13.6.